The zero-order valence-corrected chi connectivity index (χ0v) is 12.0. The third-order valence-electron chi connectivity index (χ3n) is 4.21. The van der Waals surface area contributed by atoms with Gasteiger partial charge in [0.25, 0.3) is 0 Å². The Morgan fingerprint density at radius 3 is 2.95 bits per heavy atom. The molecule has 1 aromatic carbocycles. The smallest absolute Gasteiger partial charge is 0.125 e. The molecule has 1 fully saturated rings. The number of rotatable bonds is 6. The van der Waals surface area contributed by atoms with E-state index < -0.39 is 0 Å². The second-order valence-corrected chi connectivity index (χ2v) is 5.55. The van der Waals surface area contributed by atoms with Crippen LogP contribution in [0.3, 0.4) is 0 Å². The standard InChI is InChI=1S/C16H25FN2/c1-3-18-16-9-4-6-13(16)10-11-19(2)15-8-5-7-14(17)12-15/h5,7-8,12-13,16,18H,3-4,6,9-11H2,1-2H3. The summed E-state index contributed by atoms with van der Waals surface area (Å²) >= 11 is 0. The zero-order valence-electron chi connectivity index (χ0n) is 12.0. The predicted molar refractivity (Wildman–Crippen MR) is 79.1 cm³/mol. The van der Waals surface area contributed by atoms with E-state index in [1.165, 1.54) is 31.7 Å². The summed E-state index contributed by atoms with van der Waals surface area (Å²) in [5.74, 6) is 0.617. The maximum Gasteiger partial charge on any atom is 0.125 e. The van der Waals surface area contributed by atoms with E-state index in [0.717, 1.165) is 24.7 Å². The molecule has 1 aliphatic carbocycles. The highest BCUT2D eigenvalue weighted by Gasteiger charge is 2.26. The first-order chi connectivity index (χ1) is 9.20. The van der Waals surface area contributed by atoms with Crippen LogP contribution in [0.4, 0.5) is 10.1 Å². The Kier molecular flexibility index (Phi) is 5.20. The molecule has 0 aromatic heterocycles. The zero-order chi connectivity index (χ0) is 13.7. The average Bonchev–Trinajstić information content (AvgIpc) is 2.84. The van der Waals surface area contributed by atoms with E-state index in [1.807, 2.05) is 13.1 Å². The second kappa shape index (κ2) is 6.90. The van der Waals surface area contributed by atoms with Crippen molar-refractivity contribution in [1.29, 1.82) is 0 Å². The number of nitrogens with one attached hydrogen (secondary N) is 1. The Balaban J connectivity index is 1.84. The van der Waals surface area contributed by atoms with Crippen LogP contribution in [-0.2, 0) is 0 Å². The van der Waals surface area contributed by atoms with Crippen molar-refractivity contribution in [2.45, 2.75) is 38.6 Å². The molecule has 2 unspecified atom stereocenters. The highest BCUT2D eigenvalue weighted by atomic mass is 19.1. The van der Waals surface area contributed by atoms with Crippen molar-refractivity contribution < 1.29 is 4.39 Å². The third-order valence-corrected chi connectivity index (χ3v) is 4.21. The Hall–Kier alpha value is -1.09. The summed E-state index contributed by atoms with van der Waals surface area (Å²) in [6.45, 7) is 4.23. The van der Waals surface area contributed by atoms with E-state index >= 15 is 0 Å². The first-order valence-corrected chi connectivity index (χ1v) is 7.40. The van der Waals surface area contributed by atoms with E-state index in [-0.39, 0.29) is 5.82 Å². The molecule has 19 heavy (non-hydrogen) atoms. The number of hydrogen-bond donors (Lipinski definition) is 1. The molecule has 1 saturated carbocycles. The molecule has 2 atom stereocenters. The Morgan fingerprint density at radius 2 is 2.21 bits per heavy atom. The van der Waals surface area contributed by atoms with Crippen LogP contribution in [0.15, 0.2) is 24.3 Å². The number of benzene rings is 1. The Labute approximate surface area is 116 Å². The molecule has 2 nitrogen and oxygen atoms in total. The average molecular weight is 264 g/mol. The largest absolute Gasteiger partial charge is 0.375 e. The Bertz CT molecular complexity index is 394. The minimum Gasteiger partial charge on any atom is -0.375 e. The fraction of sp³-hybridized carbons (Fsp3) is 0.625. The van der Waals surface area contributed by atoms with E-state index in [0.29, 0.717) is 6.04 Å². The number of anilines is 1. The Morgan fingerprint density at radius 1 is 1.37 bits per heavy atom. The molecule has 0 amide bonds. The van der Waals surface area contributed by atoms with E-state index in [4.69, 9.17) is 0 Å². The van der Waals surface area contributed by atoms with Crippen molar-refractivity contribution in [2.75, 3.05) is 25.0 Å². The van der Waals surface area contributed by atoms with Gasteiger partial charge >= 0.3 is 0 Å². The van der Waals surface area contributed by atoms with Gasteiger partial charge in [-0.2, -0.15) is 0 Å². The van der Waals surface area contributed by atoms with Crippen LogP contribution < -0.4 is 10.2 Å². The highest BCUT2D eigenvalue weighted by Crippen LogP contribution is 2.29. The highest BCUT2D eigenvalue weighted by molar-refractivity contribution is 5.45. The molecule has 2 rings (SSSR count). The van der Waals surface area contributed by atoms with Gasteiger partial charge in [0.05, 0.1) is 0 Å². The van der Waals surface area contributed by atoms with Crippen molar-refractivity contribution in [3.05, 3.63) is 30.1 Å². The molecule has 0 aliphatic heterocycles. The van der Waals surface area contributed by atoms with Crippen LogP contribution in [-0.4, -0.2) is 26.2 Å². The van der Waals surface area contributed by atoms with Gasteiger partial charge in [-0.05, 0) is 49.9 Å². The van der Waals surface area contributed by atoms with Gasteiger partial charge in [-0.3, -0.25) is 0 Å². The van der Waals surface area contributed by atoms with Gasteiger partial charge in [0.2, 0.25) is 0 Å². The van der Waals surface area contributed by atoms with Gasteiger partial charge in [-0.1, -0.05) is 19.4 Å². The predicted octanol–water partition coefficient (Wildman–Crippen LogP) is 3.43. The van der Waals surface area contributed by atoms with Crippen molar-refractivity contribution in [3.8, 4) is 0 Å². The molecule has 1 aromatic rings. The molecule has 0 bridgehead atoms. The molecule has 106 valence electrons. The second-order valence-electron chi connectivity index (χ2n) is 5.55. The van der Waals surface area contributed by atoms with Gasteiger partial charge < -0.3 is 10.2 Å². The summed E-state index contributed by atoms with van der Waals surface area (Å²) in [5.41, 5.74) is 0.970. The molecule has 1 aliphatic rings. The van der Waals surface area contributed by atoms with Crippen LogP contribution in [0, 0.1) is 11.7 Å². The van der Waals surface area contributed by atoms with Crippen LogP contribution in [0.1, 0.15) is 32.6 Å². The van der Waals surface area contributed by atoms with Crippen molar-refractivity contribution in [1.82, 2.24) is 5.32 Å². The molecular formula is C16H25FN2. The molecule has 0 saturated heterocycles. The lowest BCUT2D eigenvalue weighted by Crippen LogP contribution is -2.34. The number of hydrogen-bond acceptors (Lipinski definition) is 2. The fourth-order valence-electron chi connectivity index (χ4n) is 3.12. The van der Waals surface area contributed by atoms with Crippen LogP contribution in [0.25, 0.3) is 0 Å². The summed E-state index contributed by atoms with van der Waals surface area (Å²) < 4.78 is 13.2. The van der Waals surface area contributed by atoms with Crippen molar-refractivity contribution in [2.24, 2.45) is 5.92 Å². The molecular weight excluding hydrogens is 239 g/mol. The topological polar surface area (TPSA) is 15.3 Å². The summed E-state index contributed by atoms with van der Waals surface area (Å²) in [6, 6.07) is 7.54. The number of halogens is 1. The lowest BCUT2D eigenvalue weighted by Gasteiger charge is -2.25. The van der Waals surface area contributed by atoms with Gasteiger partial charge in [0.15, 0.2) is 0 Å². The molecule has 1 N–H and O–H groups in total. The summed E-state index contributed by atoms with van der Waals surface area (Å²) in [6.07, 6.45) is 5.16. The molecule has 0 spiro atoms. The summed E-state index contributed by atoms with van der Waals surface area (Å²) in [4.78, 5) is 2.16. The van der Waals surface area contributed by atoms with Gasteiger partial charge in [-0.25, -0.2) is 4.39 Å². The number of nitrogens with zero attached hydrogens (tertiary/aromatic N) is 1. The first kappa shape index (κ1) is 14.3. The van der Waals surface area contributed by atoms with Gasteiger partial charge in [-0.15, -0.1) is 0 Å². The molecule has 3 heteroatoms. The fourth-order valence-corrected chi connectivity index (χ4v) is 3.12. The lowest BCUT2D eigenvalue weighted by atomic mass is 9.99. The summed E-state index contributed by atoms with van der Waals surface area (Å²) in [5, 5.41) is 3.59. The third kappa shape index (κ3) is 3.93. The maximum absolute atomic E-state index is 13.2. The van der Waals surface area contributed by atoms with Gasteiger partial charge in [0, 0.05) is 25.3 Å². The van der Waals surface area contributed by atoms with Crippen molar-refractivity contribution >= 4 is 5.69 Å². The van der Waals surface area contributed by atoms with Crippen molar-refractivity contribution in [3.63, 3.8) is 0 Å². The van der Waals surface area contributed by atoms with Crippen LogP contribution >= 0.6 is 0 Å². The SMILES string of the molecule is CCNC1CCCC1CCN(C)c1cccc(F)c1. The van der Waals surface area contributed by atoms with E-state index in [9.17, 15) is 4.39 Å². The molecule has 0 radical (unpaired) electrons. The normalized spacial score (nSPS) is 22.7. The quantitative estimate of drug-likeness (QED) is 0.847. The van der Waals surface area contributed by atoms with E-state index in [2.05, 4.69) is 17.1 Å². The maximum atomic E-state index is 13.2. The first-order valence-electron chi connectivity index (χ1n) is 7.40. The van der Waals surface area contributed by atoms with E-state index in [1.54, 1.807) is 12.1 Å². The lowest BCUT2D eigenvalue weighted by molar-refractivity contribution is 0.388. The minimum absolute atomic E-state index is 0.157. The monoisotopic (exact) mass is 264 g/mol. The summed E-state index contributed by atoms with van der Waals surface area (Å²) in [7, 11) is 2.05. The van der Waals surface area contributed by atoms with Gasteiger partial charge in [0.1, 0.15) is 5.82 Å². The molecule has 0 heterocycles. The van der Waals surface area contributed by atoms with Crippen LogP contribution in [0.2, 0.25) is 0 Å². The van der Waals surface area contributed by atoms with Crippen LogP contribution in [0.5, 0.6) is 0 Å². The minimum atomic E-state index is -0.157.